The van der Waals surface area contributed by atoms with E-state index in [2.05, 4.69) is 5.32 Å². The topological polar surface area (TPSA) is 46.2 Å². The summed E-state index contributed by atoms with van der Waals surface area (Å²) in [6.45, 7) is 2.19. The first-order chi connectivity index (χ1) is 9.35. The molecule has 1 aromatic rings. The normalized spacial score (nSPS) is 35.9. The number of sulfone groups is 1. The smallest absolute Gasteiger partial charge is 0.175 e. The highest BCUT2D eigenvalue weighted by atomic mass is 32.2. The van der Waals surface area contributed by atoms with E-state index in [9.17, 15) is 12.8 Å². The molecule has 1 heterocycles. The minimum absolute atomic E-state index is 0.00169. The van der Waals surface area contributed by atoms with Gasteiger partial charge in [-0.2, -0.15) is 0 Å². The third-order valence-electron chi connectivity index (χ3n) is 5.63. The minimum Gasteiger partial charge on any atom is -0.316 e. The van der Waals surface area contributed by atoms with Gasteiger partial charge in [0.25, 0.3) is 0 Å². The van der Waals surface area contributed by atoms with Gasteiger partial charge in [0.05, 0.1) is 4.90 Å². The van der Waals surface area contributed by atoms with Gasteiger partial charge in [-0.15, -0.1) is 0 Å². The van der Waals surface area contributed by atoms with E-state index in [0.29, 0.717) is 5.41 Å². The van der Waals surface area contributed by atoms with Gasteiger partial charge in [0, 0.05) is 6.26 Å². The van der Waals surface area contributed by atoms with E-state index in [4.69, 9.17) is 0 Å². The molecule has 0 spiro atoms. The molecule has 1 aliphatic heterocycles. The van der Waals surface area contributed by atoms with Crippen molar-refractivity contribution in [2.75, 3.05) is 19.3 Å². The number of benzene rings is 1. The van der Waals surface area contributed by atoms with Gasteiger partial charge in [0.15, 0.2) is 9.84 Å². The molecule has 2 bridgehead atoms. The van der Waals surface area contributed by atoms with E-state index < -0.39 is 15.7 Å². The molecule has 3 aliphatic carbocycles. The largest absolute Gasteiger partial charge is 0.316 e. The van der Waals surface area contributed by atoms with Crippen LogP contribution in [0.3, 0.4) is 0 Å². The Labute approximate surface area is 118 Å². The molecule has 0 amide bonds. The number of hydrogen-bond donors (Lipinski definition) is 1. The maximum atomic E-state index is 13.4. The van der Waals surface area contributed by atoms with Gasteiger partial charge in [-0.1, -0.05) is 6.07 Å². The van der Waals surface area contributed by atoms with Crippen molar-refractivity contribution in [3.8, 4) is 0 Å². The zero-order chi connectivity index (χ0) is 14.2. The van der Waals surface area contributed by atoms with Crippen molar-refractivity contribution in [3.05, 3.63) is 29.6 Å². The van der Waals surface area contributed by atoms with Crippen LogP contribution < -0.4 is 5.32 Å². The van der Waals surface area contributed by atoms with Crippen molar-refractivity contribution in [2.45, 2.75) is 29.6 Å². The van der Waals surface area contributed by atoms with E-state index in [-0.39, 0.29) is 10.3 Å². The van der Waals surface area contributed by atoms with E-state index in [1.54, 1.807) is 6.07 Å². The highest BCUT2D eigenvalue weighted by Gasteiger charge is 2.71. The first kappa shape index (κ1) is 12.8. The summed E-state index contributed by atoms with van der Waals surface area (Å²) in [5.41, 5.74) is 1.28. The Morgan fingerprint density at radius 2 is 1.90 bits per heavy atom. The van der Waals surface area contributed by atoms with Gasteiger partial charge in [0.1, 0.15) is 5.82 Å². The lowest BCUT2D eigenvalue weighted by molar-refractivity contribution is -0.192. The lowest BCUT2D eigenvalue weighted by Crippen LogP contribution is -2.72. The van der Waals surface area contributed by atoms with Crippen molar-refractivity contribution >= 4 is 9.84 Å². The summed E-state index contributed by atoms with van der Waals surface area (Å²) in [6.07, 6.45) is 4.38. The van der Waals surface area contributed by atoms with Crippen LogP contribution >= 0.6 is 0 Å². The second kappa shape index (κ2) is 3.63. The van der Waals surface area contributed by atoms with Crippen LogP contribution in [-0.2, 0) is 15.3 Å². The fourth-order valence-corrected chi connectivity index (χ4v) is 5.56. The number of rotatable bonds is 3. The lowest BCUT2D eigenvalue weighted by atomic mass is 9.30. The molecule has 1 aromatic carbocycles. The molecule has 4 aliphatic rings. The lowest BCUT2D eigenvalue weighted by Gasteiger charge is -2.75. The van der Waals surface area contributed by atoms with Crippen LogP contribution in [0.15, 0.2) is 23.1 Å². The van der Waals surface area contributed by atoms with Crippen molar-refractivity contribution in [1.82, 2.24) is 5.32 Å². The molecular weight excluding hydrogens is 277 g/mol. The Balaban J connectivity index is 1.69. The summed E-state index contributed by atoms with van der Waals surface area (Å²) >= 11 is 0. The third kappa shape index (κ3) is 1.51. The molecule has 5 rings (SSSR count). The first-order valence-electron chi connectivity index (χ1n) is 7.06. The highest BCUT2D eigenvalue weighted by molar-refractivity contribution is 7.90. The van der Waals surface area contributed by atoms with Crippen molar-refractivity contribution in [3.63, 3.8) is 0 Å². The highest BCUT2D eigenvalue weighted by Crippen LogP contribution is 2.77. The van der Waals surface area contributed by atoms with Gasteiger partial charge < -0.3 is 5.32 Å². The molecule has 3 nitrogen and oxygen atoms in total. The SMILES string of the molecule is CS(=O)(=O)c1cc(F)ccc1C12CC(C3CNC3)(C1)C2. The maximum Gasteiger partial charge on any atom is 0.175 e. The second-order valence-corrected chi connectivity index (χ2v) is 8.93. The zero-order valence-electron chi connectivity index (χ0n) is 11.4. The van der Waals surface area contributed by atoms with Gasteiger partial charge in [-0.25, -0.2) is 12.8 Å². The molecule has 1 saturated heterocycles. The number of hydrogen-bond acceptors (Lipinski definition) is 3. The van der Waals surface area contributed by atoms with Gasteiger partial charge in [-0.3, -0.25) is 0 Å². The average molecular weight is 295 g/mol. The fourth-order valence-electron chi connectivity index (χ4n) is 4.55. The fraction of sp³-hybridized carbons (Fsp3) is 0.600. The summed E-state index contributed by atoms with van der Waals surface area (Å²) in [7, 11) is -3.37. The van der Waals surface area contributed by atoms with E-state index in [1.165, 1.54) is 18.4 Å². The molecule has 108 valence electrons. The molecule has 20 heavy (non-hydrogen) atoms. The van der Waals surface area contributed by atoms with Crippen LogP contribution in [0, 0.1) is 17.2 Å². The molecular formula is C15H18FNO2S. The predicted octanol–water partition coefficient (Wildman–Crippen LogP) is 1.87. The number of nitrogens with one attached hydrogen (secondary N) is 1. The Kier molecular flexibility index (Phi) is 2.32. The Bertz CT molecular complexity index is 674. The quantitative estimate of drug-likeness (QED) is 0.926. The van der Waals surface area contributed by atoms with Crippen LogP contribution in [0.5, 0.6) is 0 Å². The van der Waals surface area contributed by atoms with Gasteiger partial charge >= 0.3 is 0 Å². The Morgan fingerprint density at radius 3 is 2.40 bits per heavy atom. The van der Waals surface area contributed by atoms with Crippen LogP contribution in [0.2, 0.25) is 0 Å². The molecule has 0 radical (unpaired) electrons. The molecule has 0 unspecified atom stereocenters. The monoisotopic (exact) mass is 295 g/mol. The maximum absolute atomic E-state index is 13.4. The summed E-state index contributed by atoms with van der Waals surface area (Å²) in [5, 5.41) is 3.31. The molecule has 4 fully saturated rings. The predicted molar refractivity (Wildman–Crippen MR) is 73.8 cm³/mol. The van der Waals surface area contributed by atoms with Crippen molar-refractivity contribution in [2.24, 2.45) is 11.3 Å². The van der Waals surface area contributed by atoms with Crippen LogP contribution in [0.25, 0.3) is 0 Å². The van der Waals surface area contributed by atoms with E-state index >= 15 is 0 Å². The van der Waals surface area contributed by atoms with E-state index in [0.717, 1.165) is 43.8 Å². The van der Waals surface area contributed by atoms with E-state index in [1.807, 2.05) is 0 Å². The molecule has 1 N–H and O–H groups in total. The first-order valence-corrected chi connectivity index (χ1v) is 8.95. The summed E-state index contributed by atoms with van der Waals surface area (Å²) < 4.78 is 37.2. The minimum atomic E-state index is -3.37. The standard InChI is InChI=1S/C15H18FNO2S/c1-20(18,19)13-4-11(16)2-3-12(13)15-7-14(8-15,9-15)10-5-17-6-10/h2-4,10,17H,5-9H2,1H3. The Hall–Kier alpha value is -0.940. The number of halogens is 1. The molecule has 3 saturated carbocycles. The van der Waals surface area contributed by atoms with Crippen LogP contribution in [0.4, 0.5) is 4.39 Å². The Morgan fingerprint density at radius 1 is 1.25 bits per heavy atom. The van der Waals surface area contributed by atoms with Gasteiger partial charge in [0.2, 0.25) is 0 Å². The van der Waals surface area contributed by atoms with Gasteiger partial charge in [-0.05, 0) is 66.8 Å². The molecule has 5 heteroatoms. The molecule has 0 atom stereocenters. The van der Waals surface area contributed by atoms with Crippen molar-refractivity contribution < 1.29 is 12.8 Å². The molecule has 0 aromatic heterocycles. The third-order valence-corrected chi connectivity index (χ3v) is 6.77. The summed E-state index contributed by atoms with van der Waals surface area (Å²) in [6, 6.07) is 4.26. The zero-order valence-corrected chi connectivity index (χ0v) is 12.3. The second-order valence-electron chi connectivity index (χ2n) is 6.94. The average Bonchev–Trinajstić information content (AvgIpc) is 2.17. The summed E-state index contributed by atoms with van der Waals surface area (Å²) in [5.74, 6) is 0.283. The summed E-state index contributed by atoms with van der Waals surface area (Å²) in [4.78, 5) is 0.192. The van der Waals surface area contributed by atoms with Crippen molar-refractivity contribution in [1.29, 1.82) is 0 Å². The van der Waals surface area contributed by atoms with Crippen LogP contribution in [-0.4, -0.2) is 27.8 Å². The van der Waals surface area contributed by atoms with Crippen LogP contribution in [0.1, 0.15) is 24.8 Å².